The number of rotatable bonds is 7. The van der Waals surface area contributed by atoms with Crippen molar-refractivity contribution in [1.29, 1.82) is 0 Å². The molecule has 7 heteroatoms. The lowest BCUT2D eigenvalue weighted by Crippen LogP contribution is -2.42. The minimum atomic E-state index is -0.110. The summed E-state index contributed by atoms with van der Waals surface area (Å²) in [6.45, 7) is 8.89. The molecule has 31 heavy (non-hydrogen) atoms. The Hall–Kier alpha value is -2.83. The lowest BCUT2D eigenvalue weighted by molar-refractivity contribution is -0.134. The highest BCUT2D eigenvalue weighted by Gasteiger charge is 2.35. The third-order valence-electron chi connectivity index (χ3n) is 6.36. The van der Waals surface area contributed by atoms with Crippen molar-refractivity contribution in [1.82, 2.24) is 20.0 Å². The average molecular weight is 425 g/mol. The van der Waals surface area contributed by atoms with E-state index >= 15 is 0 Å². The average Bonchev–Trinajstić information content (AvgIpc) is 3.59. The second kappa shape index (κ2) is 9.12. The predicted octanol–water partition coefficient (Wildman–Crippen LogP) is 3.23. The van der Waals surface area contributed by atoms with Gasteiger partial charge in [-0.3, -0.25) is 14.3 Å². The number of benzene rings is 1. The quantitative estimate of drug-likeness (QED) is 0.740. The van der Waals surface area contributed by atoms with Crippen molar-refractivity contribution in [3.05, 3.63) is 46.8 Å². The molecule has 1 aliphatic carbocycles. The van der Waals surface area contributed by atoms with Crippen LogP contribution in [0, 0.1) is 19.8 Å². The van der Waals surface area contributed by atoms with Crippen molar-refractivity contribution in [2.24, 2.45) is 5.92 Å². The second-order valence-electron chi connectivity index (χ2n) is 8.59. The van der Waals surface area contributed by atoms with Crippen LogP contribution >= 0.6 is 0 Å². The fourth-order valence-corrected chi connectivity index (χ4v) is 4.23. The molecule has 0 atom stereocenters. The largest absolute Gasteiger partial charge is 0.490 e. The first kappa shape index (κ1) is 21.4. The summed E-state index contributed by atoms with van der Waals surface area (Å²) in [6, 6.07) is 7.29. The predicted molar refractivity (Wildman–Crippen MR) is 118 cm³/mol. The summed E-state index contributed by atoms with van der Waals surface area (Å²) in [5.41, 5.74) is 3.72. The van der Waals surface area contributed by atoms with E-state index in [0.29, 0.717) is 18.0 Å². The maximum Gasteiger partial charge on any atom is 0.251 e. The fourth-order valence-electron chi connectivity index (χ4n) is 4.23. The van der Waals surface area contributed by atoms with Gasteiger partial charge in [0, 0.05) is 61.8 Å². The fraction of sp³-hybridized carbons (Fsp3) is 0.542. The van der Waals surface area contributed by atoms with Gasteiger partial charge in [0.05, 0.1) is 5.69 Å². The molecule has 1 aromatic heterocycles. The maximum atomic E-state index is 12.6. The first-order valence-corrected chi connectivity index (χ1v) is 11.3. The van der Waals surface area contributed by atoms with E-state index in [1.54, 1.807) is 12.1 Å². The Morgan fingerprint density at radius 2 is 1.77 bits per heavy atom. The van der Waals surface area contributed by atoms with E-state index in [9.17, 15) is 9.59 Å². The molecule has 0 spiro atoms. The van der Waals surface area contributed by atoms with Crippen molar-refractivity contribution in [2.45, 2.75) is 65.6 Å². The van der Waals surface area contributed by atoms with Gasteiger partial charge in [0.2, 0.25) is 5.91 Å². The number of amides is 2. The molecule has 1 saturated carbocycles. The number of nitrogens with zero attached hydrogens (tertiary/aromatic N) is 3. The van der Waals surface area contributed by atoms with Crippen LogP contribution in [0.1, 0.15) is 59.9 Å². The SMILES string of the molecule is CCn1nc(C)c(CNC(=O)c2ccc(OC3CCN(C(=O)C4CC4)CC3)cc2)c1C. The number of nitrogens with one attached hydrogen (secondary N) is 1. The standard InChI is InChI=1S/C24H32N4O3/c1-4-28-17(3)22(16(2)26-28)15-25-23(29)18-7-9-20(10-8-18)31-21-11-13-27(14-12-21)24(30)19-5-6-19/h7-10,19,21H,4-6,11-15H2,1-3H3,(H,25,29). The molecule has 0 unspecified atom stereocenters. The molecule has 7 nitrogen and oxygen atoms in total. The molecule has 2 heterocycles. The molecule has 1 saturated heterocycles. The molecule has 0 radical (unpaired) electrons. The Morgan fingerprint density at radius 1 is 1.10 bits per heavy atom. The monoisotopic (exact) mass is 424 g/mol. The van der Waals surface area contributed by atoms with E-state index in [4.69, 9.17) is 4.74 Å². The number of carbonyl (C=O) groups is 2. The zero-order valence-electron chi connectivity index (χ0n) is 18.7. The second-order valence-corrected chi connectivity index (χ2v) is 8.59. The summed E-state index contributed by atoms with van der Waals surface area (Å²) in [5, 5.41) is 7.49. The van der Waals surface area contributed by atoms with Crippen LogP contribution in [0.2, 0.25) is 0 Å². The Bertz CT molecular complexity index is 938. The Balaban J connectivity index is 1.26. The highest BCUT2D eigenvalue weighted by atomic mass is 16.5. The van der Waals surface area contributed by atoms with Gasteiger partial charge in [-0.2, -0.15) is 5.10 Å². The van der Waals surface area contributed by atoms with E-state index in [-0.39, 0.29) is 17.9 Å². The number of hydrogen-bond acceptors (Lipinski definition) is 4. The molecular weight excluding hydrogens is 392 g/mol. The van der Waals surface area contributed by atoms with Crippen molar-refractivity contribution in [3.63, 3.8) is 0 Å². The van der Waals surface area contributed by atoms with Crippen LogP contribution in [0.15, 0.2) is 24.3 Å². The van der Waals surface area contributed by atoms with Crippen LogP contribution in [-0.2, 0) is 17.9 Å². The highest BCUT2D eigenvalue weighted by molar-refractivity contribution is 5.94. The summed E-state index contributed by atoms with van der Waals surface area (Å²) in [4.78, 5) is 26.7. The van der Waals surface area contributed by atoms with Crippen molar-refractivity contribution < 1.29 is 14.3 Å². The Morgan fingerprint density at radius 3 is 2.35 bits per heavy atom. The molecule has 1 aromatic carbocycles. The topological polar surface area (TPSA) is 76.5 Å². The smallest absolute Gasteiger partial charge is 0.251 e. The molecule has 0 bridgehead atoms. The normalized spacial score (nSPS) is 16.9. The Kier molecular flexibility index (Phi) is 6.30. The summed E-state index contributed by atoms with van der Waals surface area (Å²) in [5.74, 6) is 1.26. The number of likely N-dealkylation sites (tertiary alicyclic amines) is 1. The number of aromatic nitrogens is 2. The zero-order valence-corrected chi connectivity index (χ0v) is 18.7. The number of piperidine rings is 1. The van der Waals surface area contributed by atoms with Crippen molar-refractivity contribution >= 4 is 11.8 Å². The molecule has 1 N–H and O–H groups in total. The minimum Gasteiger partial charge on any atom is -0.490 e. The number of aryl methyl sites for hydroxylation is 2. The van der Waals surface area contributed by atoms with E-state index in [1.807, 2.05) is 35.6 Å². The van der Waals surface area contributed by atoms with Gasteiger partial charge in [-0.25, -0.2) is 0 Å². The van der Waals surface area contributed by atoms with Crippen LogP contribution < -0.4 is 10.1 Å². The van der Waals surface area contributed by atoms with E-state index in [0.717, 1.165) is 68.0 Å². The molecular formula is C24H32N4O3. The summed E-state index contributed by atoms with van der Waals surface area (Å²) >= 11 is 0. The van der Waals surface area contributed by atoms with Gasteiger partial charge in [0.15, 0.2) is 0 Å². The first-order valence-electron chi connectivity index (χ1n) is 11.3. The summed E-state index contributed by atoms with van der Waals surface area (Å²) in [7, 11) is 0. The number of ether oxygens (including phenoxy) is 1. The van der Waals surface area contributed by atoms with Crippen LogP contribution in [0.5, 0.6) is 5.75 Å². The first-order chi connectivity index (χ1) is 15.0. The van der Waals surface area contributed by atoms with Gasteiger partial charge in [-0.1, -0.05) is 0 Å². The molecule has 4 rings (SSSR count). The van der Waals surface area contributed by atoms with Crippen LogP contribution in [0.4, 0.5) is 0 Å². The third kappa shape index (κ3) is 4.92. The van der Waals surface area contributed by atoms with E-state index in [1.165, 1.54) is 0 Å². The molecule has 1 aliphatic heterocycles. The lowest BCUT2D eigenvalue weighted by atomic mass is 10.1. The van der Waals surface area contributed by atoms with Crippen molar-refractivity contribution in [3.8, 4) is 5.75 Å². The van der Waals surface area contributed by atoms with Crippen molar-refractivity contribution in [2.75, 3.05) is 13.1 Å². The van der Waals surface area contributed by atoms with Gasteiger partial charge < -0.3 is 15.0 Å². The molecule has 166 valence electrons. The van der Waals surface area contributed by atoms with Gasteiger partial charge >= 0.3 is 0 Å². The van der Waals surface area contributed by atoms with Gasteiger partial charge in [-0.15, -0.1) is 0 Å². The number of carbonyl (C=O) groups excluding carboxylic acids is 2. The highest BCUT2D eigenvalue weighted by Crippen LogP contribution is 2.32. The molecule has 2 amide bonds. The van der Waals surface area contributed by atoms with Crippen LogP contribution in [0.25, 0.3) is 0 Å². The summed E-state index contributed by atoms with van der Waals surface area (Å²) in [6.07, 6.45) is 3.92. The van der Waals surface area contributed by atoms with Crippen LogP contribution in [-0.4, -0.2) is 45.7 Å². The van der Waals surface area contributed by atoms with E-state index in [2.05, 4.69) is 17.3 Å². The molecule has 2 fully saturated rings. The maximum absolute atomic E-state index is 12.6. The molecule has 2 aromatic rings. The summed E-state index contributed by atoms with van der Waals surface area (Å²) < 4.78 is 8.04. The minimum absolute atomic E-state index is 0.110. The number of hydrogen-bond donors (Lipinski definition) is 1. The van der Waals surface area contributed by atoms with Crippen LogP contribution in [0.3, 0.4) is 0 Å². The zero-order chi connectivity index (χ0) is 22.0. The molecule has 2 aliphatic rings. The third-order valence-corrected chi connectivity index (χ3v) is 6.36. The van der Waals surface area contributed by atoms with Gasteiger partial charge in [-0.05, 0) is 57.9 Å². The Labute approximate surface area is 183 Å². The van der Waals surface area contributed by atoms with Gasteiger partial charge in [0.25, 0.3) is 5.91 Å². The van der Waals surface area contributed by atoms with Gasteiger partial charge in [0.1, 0.15) is 11.9 Å². The lowest BCUT2D eigenvalue weighted by Gasteiger charge is -2.32. The van der Waals surface area contributed by atoms with E-state index < -0.39 is 0 Å².